The van der Waals surface area contributed by atoms with Gasteiger partial charge in [-0.05, 0) is 36.2 Å². The van der Waals surface area contributed by atoms with Crippen LogP contribution in [0.4, 0.5) is 13.2 Å². The fourth-order valence-corrected chi connectivity index (χ4v) is 3.16. The van der Waals surface area contributed by atoms with Crippen molar-refractivity contribution in [1.82, 2.24) is 10.3 Å². The average molecular weight is 376 g/mol. The van der Waals surface area contributed by atoms with Gasteiger partial charge < -0.3 is 15.0 Å². The van der Waals surface area contributed by atoms with Crippen LogP contribution in [0.5, 0.6) is 5.75 Å². The summed E-state index contributed by atoms with van der Waals surface area (Å²) >= 11 is 0. The van der Waals surface area contributed by atoms with Crippen molar-refractivity contribution >= 4 is 16.8 Å². The Morgan fingerprint density at radius 3 is 2.59 bits per heavy atom. The lowest BCUT2D eigenvalue weighted by molar-refractivity contribution is -0.137. The number of hydrogen-bond acceptors (Lipinski definition) is 2. The van der Waals surface area contributed by atoms with E-state index in [1.807, 2.05) is 0 Å². The van der Waals surface area contributed by atoms with Gasteiger partial charge in [-0.25, -0.2) is 0 Å². The zero-order valence-electron chi connectivity index (χ0n) is 14.9. The van der Waals surface area contributed by atoms with Gasteiger partial charge in [-0.15, -0.1) is 0 Å². The first kappa shape index (κ1) is 18.8. The van der Waals surface area contributed by atoms with Crippen molar-refractivity contribution in [3.63, 3.8) is 0 Å². The van der Waals surface area contributed by atoms with Crippen molar-refractivity contribution in [2.24, 2.45) is 0 Å². The molecule has 0 aliphatic rings. The van der Waals surface area contributed by atoms with Crippen molar-refractivity contribution in [2.45, 2.75) is 19.5 Å². The fraction of sp³-hybridized carbons (Fsp3) is 0.250. The molecule has 1 amide bonds. The minimum absolute atomic E-state index is 0.0815. The molecule has 0 aliphatic heterocycles. The highest BCUT2D eigenvalue weighted by molar-refractivity contribution is 5.92. The SMILES string of the molecule is COc1ccc2[nH]c(-c3ccccc3C(F)(F)F)c(CCNC(C)=O)c2c1. The largest absolute Gasteiger partial charge is 0.497 e. The molecule has 0 saturated heterocycles. The Kier molecular flexibility index (Phi) is 5.12. The summed E-state index contributed by atoms with van der Waals surface area (Å²) in [5, 5.41) is 3.46. The van der Waals surface area contributed by atoms with E-state index in [1.54, 1.807) is 24.3 Å². The highest BCUT2D eigenvalue weighted by Gasteiger charge is 2.34. The number of H-pyrrole nitrogens is 1. The lowest BCUT2D eigenvalue weighted by Gasteiger charge is -2.13. The number of halogens is 3. The van der Waals surface area contributed by atoms with E-state index >= 15 is 0 Å². The Bertz CT molecular complexity index is 977. The number of ether oxygens (including phenoxy) is 1. The number of nitrogens with one attached hydrogen (secondary N) is 2. The summed E-state index contributed by atoms with van der Waals surface area (Å²) in [7, 11) is 1.53. The summed E-state index contributed by atoms with van der Waals surface area (Å²) in [4.78, 5) is 14.3. The molecular weight excluding hydrogens is 357 g/mol. The van der Waals surface area contributed by atoms with E-state index in [1.165, 1.54) is 26.2 Å². The Morgan fingerprint density at radius 1 is 1.19 bits per heavy atom. The maximum absolute atomic E-state index is 13.5. The van der Waals surface area contributed by atoms with E-state index < -0.39 is 11.7 Å². The van der Waals surface area contributed by atoms with Crippen LogP contribution in [0.2, 0.25) is 0 Å². The number of carbonyl (C=O) groups is 1. The number of amides is 1. The van der Waals surface area contributed by atoms with E-state index in [9.17, 15) is 18.0 Å². The van der Waals surface area contributed by atoms with E-state index in [0.29, 0.717) is 35.5 Å². The van der Waals surface area contributed by atoms with Gasteiger partial charge in [-0.2, -0.15) is 13.2 Å². The number of alkyl halides is 3. The average Bonchev–Trinajstić information content (AvgIpc) is 2.98. The van der Waals surface area contributed by atoms with Crippen molar-refractivity contribution in [2.75, 3.05) is 13.7 Å². The van der Waals surface area contributed by atoms with Crippen molar-refractivity contribution in [3.05, 3.63) is 53.6 Å². The van der Waals surface area contributed by atoms with Crippen LogP contribution < -0.4 is 10.1 Å². The lowest BCUT2D eigenvalue weighted by Crippen LogP contribution is -2.22. The van der Waals surface area contributed by atoms with Crippen LogP contribution >= 0.6 is 0 Å². The predicted molar refractivity (Wildman–Crippen MR) is 97.7 cm³/mol. The number of carbonyl (C=O) groups excluding carboxylic acids is 1. The molecule has 4 nitrogen and oxygen atoms in total. The summed E-state index contributed by atoms with van der Waals surface area (Å²) in [6, 6.07) is 10.8. The van der Waals surface area contributed by atoms with Crippen molar-refractivity contribution in [3.8, 4) is 17.0 Å². The maximum atomic E-state index is 13.5. The molecule has 2 N–H and O–H groups in total. The van der Waals surface area contributed by atoms with Gasteiger partial charge in [0.15, 0.2) is 0 Å². The van der Waals surface area contributed by atoms with Gasteiger partial charge in [-0.1, -0.05) is 18.2 Å². The van der Waals surface area contributed by atoms with Gasteiger partial charge in [-0.3, -0.25) is 4.79 Å². The molecule has 3 aromatic rings. The normalized spacial score (nSPS) is 11.6. The Labute approximate surface area is 154 Å². The van der Waals surface area contributed by atoms with Crippen LogP contribution in [0, 0.1) is 0 Å². The third-order valence-electron chi connectivity index (χ3n) is 4.36. The van der Waals surface area contributed by atoms with Crippen LogP contribution in [0.15, 0.2) is 42.5 Å². The van der Waals surface area contributed by atoms with Gasteiger partial charge in [0.25, 0.3) is 0 Å². The number of hydrogen-bond donors (Lipinski definition) is 2. The molecule has 0 atom stereocenters. The molecule has 0 aliphatic carbocycles. The highest BCUT2D eigenvalue weighted by Crippen LogP contribution is 2.40. The molecule has 7 heteroatoms. The minimum Gasteiger partial charge on any atom is -0.497 e. The van der Waals surface area contributed by atoms with Crippen molar-refractivity contribution in [1.29, 1.82) is 0 Å². The number of fused-ring (bicyclic) bond motifs is 1. The smallest absolute Gasteiger partial charge is 0.417 e. The number of rotatable bonds is 5. The highest BCUT2D eigenvalue weighted by atomic mass is 19.4. The molecule has 3 rings (SSSR count). The van der Waals surface area contributed by atoms with Gasteiger partial charge in [0.05, 0.1) is 18.4 Å². The van der Waals surface area contributed by atoms with Gasteiger partial charge in [0.1, 0.15) is 5.75 Å². The first-order valence-electron chi connectivity index (χ1n) is 8.41. The molecule has 142 valence electrons. The predicted octanol–water partition coefficient (Wildman–Crippen LogP) is 4.54. The second-order valence-corrected chi connectivity index (χ2v) is 6.17. The van der Waals surface area contributed by atoms with Gasteiger partial charge in [0.2, 0.25) is 5.91 Å². The quantitative estimate of drug-likeness (QED) is 0.687. The first-order valence-corrected chi connectivity index (χ1v) is 8.41. The number of benzene rings is 2. The second kappa shape index (κ2) is 7.34. The molecule has 0 fully saturated rings. The molecule has 0 bridgehead atoms. The number of methoxy groups -OCH3 is 1. The molecule has 0 unspecified atom stereocenters. The Morgan fingerprint density at radius 2 is 1.93 bits per heavy atom. The van der Waals surface area contributed by atoms with E-state index in [-0.39, 0.29) is 11.5 Å². The monoisotopic (exact) mass is 376 g/mol. The zero-order valence-corrected chi connectivity index (χ0v) is 14.9. The lowest BCUT2D eigenvalue weighted by atomic mass is 9.98. The molecule has 1 heterocycles. The van der Waals surface area contributed by atoms with Gasteiger partial charge in [0, 0.05) is 29.9 Å². The Hall–Kier alpha value is -2.96. The van der Waals surface area contributed by atoms with Crippen LogP contribution in [-0.4, -0.2) is 24.5 Å². The van der Waals surface area contributed by atoms with E-state index in [0.717, 1.165) is 11.5 Å². The maximum Gasteiger partial charge on any atom is 0.417 e. The molecule has 0 radical (unpaired) electrons. The summed E-state index contributed by atoms with van der Waals surface area (Å²) in [5.41, 5.74) is 1.19. The summed E-state index contributed by atoms with van der Waals surface area (Å²) in [5.74, 6) is 0.419. The second-order valence-electron chi connectivity index (χ2n) is 6.17. The fourth-order valence-electron chi connectivity index (χ4n) is 3.16. The zero-order chi connectivity index (χ0) is 19.6. The molecule has 0 spiro atoms. The minimum atomic E-state index is -4.47. The third kappa shape index (κ3) is 3.92. The summed E-state index contributed by atoms with van der Waals surface area (Å²) < 4.78 is 45.8. The Balaban J connectivity index is 2.19. The summed E-state index contributed by atoms with van der Waals surface area (Å²) in [6.45, 7) is 1.72. The number of aromatic nitrogens is 1. The molecule has 27 heavy (non-hydrogen) atoms. The molecule has 2 aromatic carbocycles. The molecular formula is C20H19F3N2O2. The van der Waals surface area contributed by atoms with E-state index in [4.69, 9.17) is 4.74 Å². The molecule has 1 aromatic heterocycles. The van der Waals surface area contributed by atoms with Crippen LogP contribution in [0.1, 0.15) is 18.1 Å². The van der Waals surface area contributed by atoms with Crippen LogP contribution in [-0.2, 0) is 17.4 Å². The van der Waals surface area contributed by atoms with Crippen molar-refractivity contribution < 1.29 is 22.7 Å². The van der Waals surface area contributed by atoms with Crippen LogP contribution in [0.25, 0.3) is 22.2 Å². The topological polar surface area (TPSA) is 54.1 Å². The number of aromatic amines is 1. The van der Waals surface area contributed by atoms with Gasteiger partial charge >= 0.3 is 6.18 Å². The standard InChI is InChI=1S/C20H19F3N2O2/c1-12(26)24-10-9-14-16-11-13(27-2)7-8-18(16)25-19(14)15-5-3-4-6-17(15)20(21,22)23/h3-8,11,25H,9-10H2,1-2H3,(H,24,26). The van der Waals surface area contributed by atoms with E-state index in [2.05, 4.69) is 10.3 Å². The summed E-state index contributed by atoms with van der Waals surface area (Å²) in [6.07, 6.45) is -4.09. The first-order chi connectivity index (χ1) is 12.8. The third-order valence-corrected chi connectivity index (χ3v) is 4.36. The molecule has 0 saturated carbocycles. The van der Waals surface area contributed by atoms with Crippen LogP contribution in [0.3, 0.4) is 0 Å².